The van der Waals surface area contributed by atoms with Gasteiger partial charge < -0.3 is 0 Å². The van der Waals surface area contributed by atoms with Crippen LogP contribution in [-0.4, -0.2) is 5.38 Å². The minimum Gasteiger partial charge on any atom is -0.166 e. The van der Waals surface area contributed by atoms with E-state index in [1.165, 1.54) is 38.5 Å². The molecule has 21 heavy (non-hydrogen) atoms. The minimum atomic E-state index is -4.26. The molecule has 0 aliphatic heterocycles. The van der Waals surface area contributed by atoms with Gasteiger partial charge in [-0.15, -0.1) is 11.6 Å². The Balaban J connectivity index is 1.85. The van der Waals surface area contributed by atoms with E-state index in [4.69, 9.17) is 11.6 Å². The van der Waals surface area contributed by atoms with E-state index in [0.717, 1.165) is 24.1 Å². The van der Waals surface area contributed by atoms with Gasteiger partial charge in [0.15, 0.2) is 0 Å². The van der Waals surface area contributed by atoms with Crippen molar-refractivity contribution in [3.05, 3.63) is 35.4 Å². The second kappa shape index (κ2) is 7.53. The van der Waals surface area contributed by atoms with Gasteiger partial charge in [-0.1, -0.05) is 50.7 Å². The summed E-state index contributed by atoms with van der Waals surface area (Å²) in [5.41, 5.74) is 0.290. The highest BCUT2D eigenvalue weighted by molar-refractivity contribution is 6.20. The predicted molar refractivity (Wildman–Crippen MR) is 80.6 cm³/mol. The summed E-state index contributed by atoms with van der Waals surface area (Å²) in [6.45, 7) is 0. The number of alkyl halides is 4. The lowest BCUT2D eigenvalue weighted by Gasteiger charge is -2.18. The van der Waals surface area contributed by atoms with E-state index in [-0.39, 0.29) is 5.38 Å². The van der Waals surface area contributed by atoms with Gasteiger partial charge in [0.05, 0.1) is 5.56 Å². The van der Waals surface area contributed by atoms with Crippen LogP contribution in [0.2, 0.25) is 0 Å². The quantitative estimate of drug-likeness (QED) is 0.457. The molecule has 1 aromatic carbocycles. The summed E-state index contributed by atoms with van der Waals surface area (Å²) >= 11 is 6.41. The predicted octanol–water partition coefficient (Wildman–Crippen LogP) is 6.22. The van der Waals surface area contributed by atoms with Crippen molar-refractivity contribution in [1.82, 2.24) is 0 Å². The fourth-order valence-corrected chi connectivity index (χ4v) is 3.56. The number of halogens is 4. The van der Waals surface area contributed by atoms with Crippen LogP contribution in [0, 0.1) is 5.92 Å². The average Bonchev–Trinajstić information content (AvgIpc) is 2.67. The van der Waals surface area contributed by atoms with E-state index in [2.05, 4.69) is 0 Å². The van der Waals surface area contributed by atoms with Gasteiger partial charge in [-0.2, -0.15) is 13.2 Å². The molecule has 2 rings (SSSR count). The molecule has 0 saturated heterocycles. The van der Waals surface area contributed by atoms with Gasteiger partial charge in [-0.25, -0.2) is 0 Å². The Kier molecular flexibility index (Phi) is 5.98. The van der Waals surface area contributed by atoms with Gasteiger partial charge in [-0.05, 0) is 36.5 Å². The smallest absolute Gasteiger partial charge is 0.166 e. The summed E-state index contributed by atoms with van der Waals surface area (Å²) in [5.74, 6) is 0.685. The van der Waals surface area contributed by atoms with Crippen molar-refractivity contribution in [1.29, 1.82) is 0 Å². The van der Waals surface area contributed by atoms with Crippen molar-refractivity contribution >= 4 is 11.6 Å². The molecule has 0 N–H and O–H groups in total. The van der Waals surface area contributed by atoms with Crippen LogP contribution < -0.4 is 0 Å². The molecule has 1 saturated carbocycles. The summed E-state index contributed by atoms with van der Waals surface area (Å²) in [6.07, 6.45) is 5.07. The van der Waals surface area contributed by atoms with Gasteiger partial charge in [0.2, 0.25) is 0 Å². The van der Waals surface area contributed by atoms with Crippen LogP contribution in [0.4, 0.5) is 13.2 Å². The molecule has 1 fully saturated rings. The van der Waals surface area contributed by atoms with E-state index < -0.39 is 11.7 Å². The van der Waals surface area contributed by atoms with Crippen LogP contribution in [0.1, 0.15) is 56.1 Å². The third-order valence-electron chi connectivity index (χ3n) is 4.30. The first kappa shape index (κ1) is 16.7. The topological polar surface area (TPSA) is 0 Å². The SMILES string of the molecule is FC(F)(F)c1ccc(CC(Cl)CC2CCCCCC2)cc1. The average molecular weight is 319 g/mol. The molecule has 1 unspecified atom stereocenters. The van der Waals surface area contributed by atoms with Gasteiger partial charge >= 0.3 is 6.18 Å². The maximum absolute atomic E-state index is 12.5. The Labute approximate surface area is 129 Å². The Hall–Kier alpha value is -0.700. The molecule has 1 atom stereocenters. The summed E-state index contributed by atoms with van der Waals surface area (Å²) in [6, 6.07) is 5.38. The van der Waals surface area contributed by atoms with Crippen LogP contribution in [0.3, 0.4) is 0 Å². The molecule has 1 aliphatic rings. The second-order valence-electron chi connectivity index (χ2n) is 6.09. The molecule has 0 amide bonds. The van der Waals surface area contributed by atoms with Gasteiger partial charge in [0.25, 0.3) is 0 Å². The van der Waals surface area contributed by atoms with Crippen molar-refractivity contribution in [3.8, 4) is 0 Å². The first-order chi connectivity index (χ1) is 9.95. The minimum absolute atomic E-state index is 0.0184. The van der Waals surface area contributed by atoms with Gasteiger partial charge in [-0.3, -0.25) is 0 Å². The molecule has 1 aromatic rings. The van der Waals surface area contributed by atoms with E-state index in [9.17, 15) is 13.2 Å². The molecule has 0 aromatic heterocycles. The van der Waals surface area contributed by atoms with E-state index in [1.54, 1.807) is 12.1 Å². The summed E-state index contributed by atoms with van der Waals surface area (Å²) in [5, 5.41) is 0.0184. The summed E-state index contributed by atoms with van der Waals surface area (Å²) in [4.78, 5) is 0. The standard InChI is InChI=1S/C17H22ClF3/c18-16(11-13-5-3-1-2-4-6-13)12-14-7-9-15(10-8-14)17(19,20)21/h7-10,13,16H,1-6,11-12H2. The van der Waals surface area contributed by atoms with Crippen LogP contribution in [-0.2, 0) is 12.6 Å². The van der Waals surface area contributed by atoms with E-state index in [1.807, 2.05) is 0 Å². The molecule has 0 nitrogen and oxygen atoms in total. The highest BCUT2D eigenvalue weighted by atomic mass is 35.5. The molecule has 0 spiro atoms. The molecular formula is C17H22ClF3. The van der Waals surface area contributed by atoms with Crippen molar-refractivity contribution in [2.45, 2.75) is 62.9 Å². The maximum Gasteiger partial charge on any atom is 0.416 e. The van der Waals surface area contributed by atoms with Gasteiger partial charge in [0.1, 0.15) is 0 Å². The molecule has 118 valence electrons. The number of hydrogen-bond acceptors (Lipinski definition) is 0. The molecular weight excluding hydrogens is 297 g/mol. The lowest BCUT2D eigenvalue weighted by Crippen LogP contribution is -2.11. The molecule has 0 radical (unpaired) electrons. The van der Waals surface area contributed by atoms with Crippen LogP contribution in [0.15, 0.2) is 24.3 Å². The van der Waals surface area contributed by atoms with Crippen molar-refractivity contribution < 1.29 is 13.2 Å². The Bertz CT molecular complexity index is 417. The Morgan fingerprint density at radius 3 is 2.10 bits per heavy atom. The van der Waals surface area contributed by atoms with Crippen molar-refractivity contribution in [2.75, 3.05) is 0 Å². The zero-order chi connectivity index (χ0) is 15.3. The lowest BCUT2D eigenvalue weighted by atomic mass is 9.92. The highest BCUT2D eigenvalue weighted by Crippen LogP contribution is 2.31. The zero-order valence-corrected chi connectivity index (χ0v) is 12.9. The first-order valence-electron chi connectivity index (χ1n) is 7.75. The van der Waals surface area contributed by atoms with E-state index in [0.29, 0.717) is 12.3 Å². The Morgan fingerprint density at radius 2 is 1.57 bits per heavy atom. The first-order valence-corrected chi connectivity index (χ1v) is 8.19. The van der Waals surface area contributed by atoms with E-state index >= 15 is 0 Å². The van der Waals surface area contributed by atoms with Crippen LogP contribution >= 0.6 is 11.6 Å². The normalized spacial score (nSPS) is 19.2. The second-order valence-corrected chi connectivity index (χ2v) is 6.71. The third-order valence-corrected chi connectivity index (χ3v) is 4.63. The number of rotatable bonds is 4. The highest BCUT2D eigenvalue weighted by Gasteiger charge is 2.30. The zero-order valence-electron chi connectivity index (χ0n) is 12.1. The van der Waals surface area contributed by atoms with Gasteiger partial charge in [0, 0.05) is 5.38 Å². The van der Waals surface area contributed by atoms with Crippen LogP contribution in [0.25, 0.3) is 0 Å². The third kappa shape index (κ3) is 5.54. The number of benzene rings is 1. The molecule has 0 heterocycles. The molecule has 1 aliphatic carbocycles. The van der Waals surface area contributed by atoms with Crippen molar-refractivity contribution in [3.63, 3.8) is 0 Å². The Morgan fingerprint density at radius 1 is 1.00 bits per heavy atom. The maximum atomic E-state index is 12.5. The fourth-order valence-electron chi connectivity index (χ4n) is 3.13. The lowest BCUT2D eigenvalue weighted by molar-refractivity contribution is -0.137. The van der Waals surface area contributed by atoms with Crippen molar-refractivity contribution in [2.24, 2.45) is 5.92 Å². The summed E-state index contributed by atoms with van der Waals surface area (Å²) < 4.78 is 37.5. The molecule has 4 heteroatoms. The fraction of sp³-hybridized carbons (Fsp3) is 0.647. The largest absolute Gasteiger partial charge is 0.416 e. The monoisotopic (exact) mass is 318 g/mol. The molecule has 0 bridgehead atoms. The van der Waals surface area contributed by atoms with Crippen LogP contribution in [0.5, 0.6) is 0 Å². The summed E-state index contributed by atoms with van der Waals surface area (Å²) in [7, 11) is 0. The number of hydrogen-bond donors (Lipinski definition) is 0.